The zero-order valence-corrected chi connectivity index (χ0v) is 12.9. The van der Waals surface area contributed by atoms with Gasteiger partial charge in [0.2, 0.25) is 5.91 Å². The number of nitrogens with one attached hydrogen (secondary N) is 1. The molecular weight excluding hydrogens is 238 g/mol. The third kappa shape index (κ3) is 11.7. The fourth-order valence-corrected chi connectivity index (χ4v) is 1.72. The summed E-state index contributed by atoms with van der Waals surface area (Å²) in [6.07, 6.45) is 9.21. The lowest BCUT2D eigenvalue weighted by Gasteiger charge is -2.11. The standard InChI is InChI=1S/C15H29N3O/c1-5-14(10-12-16-6-2)8-9-15(19)17-11-7-13-18(3)4/h6,10,12,14H,5,7-9,11,13H2,1-4H3,(H,17,19). The van der Waals surface area contributed by atoms with Crippen molar-refractivity contribution in [3.63, 3.8) is 0 Å². The summed E-state index contributed by atoms with van der Waals surface area (Å²) in [4.78, 5) is 17.8. The van der Waals surface area contributed by atoms with Gasteiger partial charge in [-0.1, -0.05) is 13.0 Å². The molecule has 0 aliphatic heterocycles. The Morgan fingerprint density at radius 3 is 2.74 bits per heavy atom. The van der Waals surface area contributed by atoms with Crippen molar-refractivity contribution in [3.05, 3.63) is 12.3 Å². The van der Waals surface area contributed by atoms with Gasteiger partial charge in [0, 0.05) is 25.4 Å². The van der Waals surface area contributed by atoms with Crippen molar-refractivity contribution in [2.75, 3.05) is 27.2 Å². The van der Waals surface area contributed by atoms with E-state index in [0.717, 1.165) is 32.4 Å². The molecule has 110 valence electrons. The van der Waals surface area contributed by atoms with Crippen LogP contribution in [0.3, 0.4) is 0 Å². The summed E-state index contributed by atoms with van der Waals surface area (Å²) in [5.41, 5.74) is 0. The molecule has 0 aromatic heterocycles. The highest BCUT2D eigenvalue weighted by atomic mass is 16.1. The molecule has 4 nitrogen and oxygen atoms in total. The molecule has 19 heavy (non-hydrogen) atoms. The molecule has 0 bridgehead atoms. The van der Waals surface area contributed by atoms with Crippen molar-refractivity contribution in [2.45, 2.75) is 39.5 Å². The van der Waals surface area contributed by atoms with E-state index in [1.54, 1.807) is 6.21 Å². The Labute approximate surface area is 118 Å². The highest BCUT2D eigenvalue weighted by Crippen LogP contribution is 2.12. The average Bonchev–Trinajstić information content (AvgIpc) is 2.38. The smallest absolute Gasteiger partial charge is 0.220 e. The second-order valence-electron chi connectivity index (χ2n) is 4.96. The predicted octanol–water partition coefficient (Wildman–Crippen LogP) is 2.47. The van der Waals surface area contributed by atoms with E-state index in [-0.39, 0.29) is 5.91 Å². The first kappa shape index (κ1) is 17.8. The van der Waals surface area contributed by atoms with Crippen LogP contribution < -0.4 is 5.32 Å². The SMILES string of the molecule is CC=NC=CC(CC)CCC(=O)NCCCN(C)C. The number of aliphatic imine (C=N–C) groups is 1. The fourth-order valence-electron chi connectivity index (χ4n) is 1.72. The van der Waals surface area contributed by atoms with Gasteiger partial charge in [-0.3, -0.25) is 9.79 Å². The van der Waals surface area contributed by atoms with Crippen LogP contribution in [0.15, 0.2) is 17.3 Å². The van der Waals surface area contributed by atoms with Crippen LogP contribution in [0.5, 0.6) is 0 Å². The van der Waals surface area contributed by atoms with Gasteiger partial charge in [-0.05, 0) is 52.7 Å². The second-order valence-corrected chi connectivity index (χ2v) is 4.96. The van der Waals surface area contributed by atoms with Crippen molar-refractivity contribution in [1.29, 1.82) is 0 Å². The van der Waals surface area contributed by atoms with Gasteiger partial charge >= 0.3 is 0 Å². The van der Waals surface area contributed by atoms with Crippen LogP contribution in [0, 0.1) is 5.92 Å². The van der Waals surface area contributed by atoms with Crippen LogP contribution in [-0.4, -0.2) is 44.2 Å². The predicted molar refractivity (Wildman–Crippen MR) is 82.5 cm³/mol. The number of allylic oxidation sites excluding steroid dienone is 1. The average molecular weight is 267 g/mol. The van der Waals surface area contributed by atoms with Gasteiger partial charge in [0.25, 0.3) is 0 Å². The van der Waals surface area contributed by atoms with Crippen LogP contribution >= 0.6 is 0 Å². The summed E-state index contributed by atoms with van der Waals surface area (Å²) in [7, 11) is 4.08. The number of carbonyl (C=O) groups is 1. The highest BCUT2D eigenvalue weighted by molar-refractivity contribution is 5.75. The molecule has 1 N–H and O–H groups in total. The number of amides is 1. The molecule has 0 rings (SSSR count). The third-order valence-corrected chi connectivity index (χ3v) is 2.96. The highest BCUT2D eigenvalue weighted by Gasteiger charge is 2.06. The molecule has 1 amide bonds. The van der Waals surface area contributed by atoms with E-state index in [2.05, 4.69) is 28.2 Å². The van der Waals surface area contributed by atoms with Crippen molar-refractivity contribution < 1.29 is 4.79 Å². The van der Waals surface area contributed by atoms with E-state index in [1.165, 1.54) is 0 Å². The lowest BCUT2D eigenvalue weighted by molar-refractivity contribution is -0.121. The maximum atomic E-state index is 11.7. The molecule has 0 saturated heterocycles. The number of rotatable bonds is 10. The zero-order valence-electron chi connectivity index (χ0n) is 12.9. The van der Waals surface area contributed by atoms with Gasteiger partial charge in [-0.2, -0.15) is 0 Å². The Balaban J connectivity index is 3.74. The van der Waals surface area contributed by atoms with Gasteiger partial charge < -0.3 is 10.2 Å². The summed E-state index contributed by atoms with van der Waals surface area (Å²) < 4.78 is 0. The molecular formula is C15H29N3O. The van der Waals surface area contributed by atoms with Crippen LogP contribution in [0.1, 0.15) is 39.5 Å². The molecule has 1 atom stereocenters. The van der Waals surface area contributed by atoms with Gasteiger partial charge in [0.05, 0.1) is 0 Å². The van der Waals surface area contributed by atoms with E-state index < -0.39 is 0 Å². The molecule has 0 radical (unpaired) electrons. The molecule has 1 unspecified atom stereocenters. The summed E-state index contributed by atoms with van der Waals surface area (Å²) in [6, 6.07) is 0. The maximum absolute atomic E-state index is 11.7. The van der Waals surface area contributed by atoms with E-state index in [4.69, 9.17) is 0 Å². The Hall–Kier alpha value is -1.16. The molecule has 0 aromatic carbocycles. The second kappa shape index (κ2) is 11.9. The van der Waals surface area contributed by atoms with E-state index in [0.29, 0.717) is 12.3 Å². The topological polar surface area (TPSA) is 44.7 Å². The van der Waals surface area contributed by atoms with Crippen LogP contribution in [0.2, 0.25) is 0 Å². The lowest BCUT2D eigenvalue weighted by atomic mass is 10.0. The molecule has 0 aliphatic carbocycles. The quantitative estimate of drug-likeness (QED) is 0.488. The molecule has 0 saturated carbocycles. The Morgan fingerprint density at radius 1 is 1.42 bits per heavy atom. The van der Waals surface area contributed by atoms with Crippen molar-refractivity contribution in [1.82, 2.24) is 10.2 Å². The normalized spacial score (nSPS) is 13.5. The number of nitrogens with zero attached hydrogens (tertiary/aromatic N) is 2. The van der Waals surface area contributed by atoms with Gasteiger partial charge in [0.1, 0.15) is 0 Å². The molecule has 0 fully saturated rings. The first-order chi connectivity index (χ1) is 9.10. The van der Waals surface area contributed by atoms with Crippen LogP contribution in [0.25, 0.3) is 0 Å². The minimum absolute atomic E-state index is 0.157. The summed E-state index contributed by atoms with van der Waals surface area (Å²) in [5.74, 6) is 0.598. The van der Waals surface area contributed by atoms with Crippen molar-refractivity contribution >= 4 is 12.1 Å². The monoisotopic (exact) mass is 267 g/mol. The Morgan fingerprint density at radius 2 is 2.16 bits per heavy atom. The third-order valence-electron chi connectivity index (χ3n) is 2.96. The molecule has 0 aromatic rings. The fraction of sp³-hybridized carbons (Fsp3) is 0.733. The first-order valence-electron chi connectivity index (χ1n) is 7.16. The van der Waals surface area contributed by atoms with Crippen molar-refractivity contribution in [3.8, 4) is 0 Å². The van der Waals surface area contributed by atoms with Gasteiger partial charge in [-0.15, -0.1) is 0 Å². The molecule has 0 heterocycles. The molecule has 0 aliphatic rings. The largest absolute Gasteiger partial charge is 0.356 e. The van der Waals surface area contributed by atoms with Crippen molar-refractivity contribution in [2.24, 2.45) is 10.9 Å². The zero-order chi connectivity index (χ0) is 14.5. The summed E-state index contributed by atoms with van der Waals surface area (Å²) >= 11 is 0. The lowest BCUT2D eigenvalue weighted by Crippen LogP contribution is -2.27. The van der Waals surface area contributed by atoms with Crippen LogP contribution in [-0.2, 0) is 4.79 Å². The molecule has 0 spiro atoms. The van der Waals surface area contributed by atoms with E-state index in [1.807, 2.05) is 27.2 Å². The maximum Gasteiger partial charge on any atom is 0.220 e. The summed E-state index contributed by atoms with van der Waals surface area (Å²) in [5, 5.41) is 2.97. The van der Waals surface area contributed by atoms with Gasteiger partial charge in [-0.25, -0.2) is 0 Å². The Bertz CT molecular complexity index is 285. The number of hydrogen-bond donors (Lipinski definition) is 1. The molecule has 4 heteroatoms. The minimum atomic E-state index is 0.157. The number of carbonyl (C=O) groups excluding carboxylic acids is 1. The minimum Gasteiger partial charge on any atom is -0.356 e. The van der Waals surface area contributed by atoms with E-state index in [9.17, 15) is 4.79 Å². The summed E-state index contributed by atoms with van der Waals surface area (Å²) in [6.45, 7) is 5.81. The van der Waals surface area contributed by atoms with E-state index >= 15 is 0 Å². The Kier molecular flexibility index (Phi) is 11.2. The first-order valence-corrected chi connectivity index (χ1v) is 7.16. The number of hydrogen-bond acceptors (Lipinski definition) is 3. The van der Waals surface area contributed by atoms with Crippen LogP contribution in [0.4, 0.5) is 0 Å². The van der Waals surface area contributed by atoms with Gasteiger partial charge in [0.15, 0.2) is 0 Å².